The van der Waals surface area contributed by atoms with Gasteiger partial charge in [0.25, 0.3) is 0 Å². The van der Waals surface area contributed by atoms with Crippen molar-refractivity contribution in [2.45, 2.75) is 32.7 Å². The normalized spacial score (nSPS) is 15.9. The van der Waals surface area contributed by atoms with Crippen LogP contribution in [0.2, 0.25) is 0 Å². The Bertz CT molecular complexity index is 1330. The lowest BCUT2D eigenvalue weighted by Crippen LogP contribution is -2.39. The zero-order valence-electron chi connectivity index (χ0n) is 20.0. The number of pyridine rings is 1. The summed E-state index contributed by atoms with van der Waals surface area (Å²) in [6, 6.07) is 6.68. The first kappa shape index (κ1) is 23.7. The van der Waals surface area contributed by atoms with E-state index in [1.54, 1.807) is 24.4 Å². The molecule has 3 aromatic rings. The van der Waals surface area contributed by atoms with E-state index in [2.05, 4.69) is 44.3 Å². The fourth-order valence-electron chi connectivity index (χ4n) is 4.35. The molecule has 2 aliphatic heterocycles. The Morgan fingerprint density at radius 1 is 1.17 bits per heavy atom. The van der Waals surface area contributed by atoms with Crippen molar-refractivity contribution in [2.24, 2.45) is 0 Å². The minimum Gasteiger partial charge on any atom is -0.486 e. The van der Waals surface area contributed by atoms with Crippen LogP contribution in [0, 0.1) is 11.6 Å². The van der Waals surface area contributed by atoms with Gasteiger partial charge in [0.15, 0.2) is 17.4 Å². The molecule has 2 aromatic heterocycles. The van der Waals surface area contributed by atoms with Crippen LogP contribution in [0.3, 0.4) is 0 Å². The summed E-state index contributed by atoms with van der Waals surface area (Å²) in [4.78, 5) is 26.4. The van der Waals surface area contributed by atoms with E-state index < -0.39 is 11.6 Å². The van der Waals surface area contributed by atoms with Gasteiger partial charge >= 0.3 is 0 Å². The number of hydrogen-bond donors (Lipinski definition) is 2. The second-order valence-corrected chi connectivity index (χ2v) is 8.76. The molecule has 1 unspecified atom stereocenters. The number of halogens is 2. The maximum Gasteiger partial charge on any atom is 0.244 e. The molecule has 0 aliphatic carbocycles. The van der Waals surface area contributed by atoms with Gasteiger partial charge in [0.2, 0.25) is 11.9 Å². The molecule has 0 saturated carbocycles. The van der Waals surface area contributed by atoms with Crippen LogP contribution in [0.15, 0.2) is 42.7 Å². The molecule has 0 radical (unpaired) electrons. The van der Waals surface area contributed by atoms with E-state index in [1.165, 1.54) is 6.07 Å². The molecule has 1 aromatic carbocycles. The number of carbonyl (C=O) groups excluding carboxylic acids is 1. The Labute approximate surface area is 207 Å². The minimum atomic E-state index is -0.669. The van der Waals surface area contributed by atoms with Gasteiger partial charge in [0.05, 0.1) is 18.4 Å². The Kier molecular flexibility index (Phi) is 6.49. The van der Waals surface area contributed by atoms with Crippen LogP contribution >= 0.6 is 0 Å². The molecule has 0 saturated heterocycles. The largest absolute Gasteiger partial charge is 0.486 e. The Balaban J connectivity index is 1.42. The average molecular weight is 493 g/mol. The van der Waals surface area contributed by atoms with E-state index in [4.69, 9.17) is 4.74 Å². The monoisotopic (exact) mass is 492 g/mol. The van der Waals surface area contributed by atoms with E-state index in [0.29, 0.717) is 36.8 Å². The highest BCUT2D eigenvalue weighted by Gasteiger charge is 2.26. The number of amides is 1. The number of ether oxygens (including phenoxy) is 1. The summed E-state index contributed by atoms with van der Waals surface area (Å²) in [5.41, 5.74) is 2.59. The maximum atomic E-state index is 15.0. The van der Waals surface area contributed by atoms with E-state index in [1.807, 2.05) is 6.07 Å². The molecule has 1 atom stereocenters. The first-order chi connectivity index (χ1) is 17.4. The van der Waals surface area contributed by atoms with Gasteiger partial charge in [0.1, 0.15) is 18.1 Å². The van der Waals surface area contributed by atoms with E-state index in [9.17, 15) is 13.6 Å². The highest BCUT2D eigenvalue weighted by Crippen LogP contribution is 2.39. The third-order valence-electron chi connectivity index (χ3n) is 6.43. The molecular formula is C26H26F2N6O2. The highest BCUT2D eigenvalue weighted by atomic mass is 19.1. The number of nitrogens with one attached hydrogen (secondary N) is 2. The van der Waals surface area contributed by atoms with Crippen molar-refractivity contribution in [3.05, 3.63) is 59.9 Å². The fraction of sp³-hybridized carbons (Fsp3) is 0.308. The van der Waals surface area contributed by atoms with Gasteiger partial charge < -0.3 is 20.3 Å². The molecule has 5 rings (SSSR count). The summed E-state index contributed by atoms with van der Waals surface area (Å²) in [6.07, 6.45) is 5.86. The lowest BCUT2D eigenvalue weighted by atomic mass is 10.0. The quantitative estimate of drug-likeness (QED) is 0.525. The molecule has 0 bridgehead atoms. The molecule has 10 heteroatoms. The lowest BCUT2D eigenvalue weighted by molar-refractivity contribution is -0.116. The zero-order valence-corrected chi connectivity index (χ0v) is 20.0. The van der Waals surface area contributed by atoms with Crippen LogP contribution < -0.4 is 20.3 Å². The number of fused-ring (bicyclic) bond motifs is 1. The summed E-state index contributed by atoms with van der Waals surface area (Å²) in [5, 5.41) is 5.72. The Morgan fingerprint density at radius 3 is 2.78 bits per heavy atom. The molecule has 0 spiro atoms. The molecule has 1 amide bonds. The maximum absolute atomic E-state index is 15.0. The van der Waals surface area contributed by atoms with Crippen molar-refractivity contribution in [3.63, 3.8) is 0 Å². The summed E-state index contributed by atoms with van der Waals surface area (Å²) in [6.45, 7) is 5.71. The van der Waals surface area contributed by atoms with Crippen molar-refractivity contribution in [1.29, 1.82) is 0 Å². The molecule has 186 valence electrons. The molecule has 2 aliphatic rings. The summed E-state index contributed by atoms with van der Waals surface area (Å²) < 4.78 is 35.3. The number of benzene rings is 1. The number of carbonyl (C=O) groups is 1. The second kappa shape index (κ2) is 9.88. The van der Waals surface area contributed by atoms with Gasteiger partial charge in [-0.15, -0.1) is 0 Å². The zero-order chi connectivity index (χ0) is 25.2. The number of hydrogen-bond acceptors (Lipinski definition) is 7. The van der Waals surface area contributed by atoms with Gasteiger partial charge in [-0.3, -0.25) is 4.79 Å². The fourth-order valence-corrected chi connectivity index (χ4v) is 4.35. The first-order valence-electron chi connectivity index (χ1n) is 11.9. The topological polar surface area (TPSA) is 92.3 Å². The van der Waals surface area contributed by atoms with Crippen molar-refractivity contribution < 1.29 is 18.3 Å². The van der Waals surface area contributed by atoms with Gasteiger partial charge in [0, 0.05) is 30.4 Å². The van der Waals surface area contributed by atoms with E-state index in [0.717, 1.165) is 30.2 Å². The van der Waals surface area contributed by atoms with Crippen LogP contribution in [0.4, 0.5) is 26.2 Å². The van der Waals surface area contributed by atoms with E-state index in [-0.39, 0.29) is 29.3 Å². The minimum absolute atomic E-state index is 0.0288. The van der Waals surface area contributed by atoms with Crippen LogP contribution in [0.5, 0.6) is 5.75 Å². The average Bonchev–Trinajstić information content (AvgIpc) is 2.89. The Hall–Kier alpha value is -4.08. The van der Waals surface area contributed by atoms with Crippen molar-refractivity contribution in [3.8, 4) is 17.0 Å². The predicted octanol–water partition coefficient (Wildman–Crippen LogP) is 4.46. The standard InChI is InChI=1S/C26H26F2N6O2/c1-3-15(2)34-8-9-36-25-19(27)10-18(11-21(25)34)24-20(28)14-31-26(33-24)32-22-5-4-17(13-30-22)16-6-7-29-23(35)12-16/h4-5,10-15H,3,6-9H2,1-2H3,(H,29,35)(H,30,31,32,33). The summed E-state index contributed by atoms with van der Waals surface area (Å²) >= 11 is 0. The van der Waals surface area contributed by atoms with E-state index >= 15 is 0 Å². The second-order valence-electron chi connectivity index (χ2n) is 8.76. The molecule has 36 heavy (non-hydrogen) atoms. The molecule has 0 fully saturated rings. The predicted molar refractivity (Wildman–Crippen MR) is 133 cm³/mol. The first-order valence-corrected chi connectivity index (χ1v) is 11.9. The van der Waals surface area contributed by atoms with Crippen LogP contribution in [-0.2, 0) is 4.79 Å². The number of anilines is 3. The summed E-state index contributed by atoms with van der Waals surface area (Å²) in [5.74, 6) is -0.610. The third kappa shape index (κ3) is 4.71. The SMILES string of the molecule is CCC(C)N1CCOc2c(F)cc(-c3nc(Nc4ccc(C5=CC(=O)NCC5)cn4)ncc3F)cc21. The highest BCUT2D eigenvalue weighted by molar-refractivity contribution is 5.96. The van der Waals surface area contributed by atoms with Gasteiger partial charge in [-0.2, -0.15) is 0 Å². The number of rotatable bonds is 6. The summed E-state index contributed by atoms with van der Waals surface area (Å²) in [7, 11) is 0. The van der Waals surface area contributed by atoms with Crippen molar-refractivity contribution in [1.82, 2.24) is 20.3 Å². The molecular weight excluding hydrogens is 466 g/mol. The Morgan fingerprint density at radius 2 is 2.03 bits per heavy atom. The van der Waals surface area contributed by atoms with Crippen molar-refractivity contribution in [2.75, 3.05) is 29.9 Å². The van der Waals surface area contributed by atoms with Crippen LogP contribution in [-0.4, -0.2) is 46.6 Å². The van der Waals surface area contributed by atoms with Gasteiger partial charge in [-0.1, -0.05) is 6.92 Å². The molecule has 2 N–H and O–H groups in total. The third-order valence-corrected chi connectivity index (χ3v) is 6.43. The van der Waals surface area contributed by atoms with Crippen molar-refractivity contribution >= 4 is 28.9 Å². The van der Waals surface area contributed by atoms with Gasteiger partial charge in [-0.25, -0.2) is 23.7 Å². The lowest BCUT2D eigenvalue weighted by Gasteiger charge is -2.36. The van der Waals surface area contributed by atoms with Crippen LogP contribution in [0.25, 0.3) is 16.8 Å². The molecule has 4 heterocycles. The number of nitrogens with zero attached hydrogens (tertiary/aromatic N) is 4. The van der Waals surface area contributed by atoms with Crippen LogP contribution in [0.1, 0.15) is 32.3 Å². The van der Waals surface area contributed by atoms with Gasteiger partial charge in [-0.05, 0) is 55.2 Å². The molecule has 8 nitrogen and oxygen atoms in total. The smallest absolute Gasteiger partial charge is 0.244 e. The number of aromatic nitrogens is 3.